The lowest BCUT2D eigenvalue weighted by molar-refractivity contribution is 0.0747. The average molecular weight is 250 g/mol. The van der Waals surface area contributed by atoms with Crippen LogP contribution in [0.1, 0.15) is 17.3 Å². The SMILES string of the molecule is CC1CN(C)CCN1CC(=O)c1ccc(F)cc1. The van der Waals surface area contributed by atoms with Gasteiger partial charge in [-0.15, -0.1) is 0 Å². The molecule has 1 saturated heterocycles. The van der Waals surface area contributed by atoms with Gasteiger partial charge in [-0.2, -0.15) is 0 Å². The van der Waals surface area contributed by atoms with Gasteiger partial charge in [0.2, 0.25) is 0 Å². The minimum atomic E-state index is -0.306. The molecule has 0 aliphatic carbocycles. The minimum Gasteiger partial charge on any atom is -0.304 e. The van der Waals surface area contributed by atoms with Crippen LogP contribution >= 0.6 is 0 Å². The molecular formula is C14H19FN2O. The van der Waals surface area contributed by atoms with Crippen LogP contribution in [0.4, 0.5) is 4.39 Å². The van der Waals surface area contributed by atoms with Crippen molar-refractivity contribution < 1.29 is 9.18 Å². The minimum absolute atomic E-state index is 0.0615. The standard InChI is InChI=1S/C14H19FN2O/c1-11-9-16(2)7-8-17(11)10-14(18)12-3-5-13(15)6-4-12/h3-6,11H,7-10H2,1-2H3. The molecule has 1 heterocycles. The quantitative estimate of drug-likeness (QED) is 0.762. The largest absolute Gasteiger partial charge is 0.304 e. The molecule has 2 rings (SSSR count). The number of nitrogens with zero attached hydrogens (tertiary/aromatic N) is 2. The van der Waals surface area contributed by atoms with Gasteiger partial charge in [0, 0.05) is 31.2 Å². The van der Waals surface area contributed by atoms with Gasteiger partial charge in [-0.05, 0) is 38.2 Å². The van der Waals surface area contributed by atoms with Crippen molar-refractivity contribution in [3.63, 3.8) is 0 Å². The Balaban J connectivity index is 1.97. The van der Waals surface area contributed by atoms with E-state index in [1.165, 1.54) is 12.1 Å². The van der Waals surface area contributed by atoms with Crippen molar-refractivity contribution in [1.82, 2.24) is 9.80 Å². The van der Waals surface area contributed by atoms with Gasteiger partial charge in [-0.1, -0.05) is 0 Å². The summed E-state index contributed by atoms with van der Waals surface area (Å²) in [6, 6.07) is 6.16. The van der Waals surface area contributed by atoms with Crippen LogP contribution in [0.3, 0.4) is 0 Å². The second-order valence-corrected chi connectivity index (χ2v) is 5.01. The van der Waals surface area contributed by atoms with Gasteiger partial charge in [0.15, 0.2) is 5.78 Å². The Labute approximate surface area is 107 Å². The van der Waals surface area contributed by atoms with Gasteiger partial charge < -0.3 is 4.90 Å². The molecule has 1 aromatic carbocycles. The molecule has 1 atom stereocenters. The van der Waals surface area contributed by atoms with Crippen LogP contribution in [0.2, 0.25) is 0 Å². The average Bonchev–Trinajstić information content (AvgIpc) is 2.33. The fourth-order valence-corrected chi connectivity index (χ4v) is 2.32. The number of hydrogen-bond donors (Lipinski definition) is 0. The highest BCUT2D eigenvalue weighted by Crippen LogP contribution is 2.10. The number of rotatable bonds is 3. The summed E-state index contributed by atoms with van der Waals surface area (Å²) >= 11 is 0. The van der Waals surface area contributed by atoms with Crippen molar-refractivity contribution in [2.75, 3.05) is 33.2 Å². The van der Waals surface area contributed by atoms with Crippen LogP contribution in [0.5, 0.6) is 0 Å². The summed E-state index contributed by atoms with van der Waals surface area (Å²) in [5, 5.41) is 0. The highest BCUT2D eigenvalue weighted by atomic mass is 19.1. The topological polar surface area (TPSA) is 23.6 Å². The molecule has 0 bridgehead atoms. The van der Waals surface area contributed by atoms with E-state index < -0.39 is 0 Å². The Bertz CT molecular complexity index is 418. The van der Waals surface area contributed by atoms with E-state index in [2.05, 4.69) is 23.8 Å². The monoisotopic (exact) mass is 250 g/mol. The summed E-state index contributed by atoms with van der Waals surface area (Å²) in [5.74, 6) is -0.245. The predicted octanol–water partition coefficient (Wildman–Crippen LogP) is 1.64. The molecule has 0 aromatic heterocycles. The summed E-state index contributed by atoms with van der Waals surface area (Å²) in [5.41, 5.74) is 0.586. The summed E-state index contributed by atoms with van der Waals surface area (Å²) in [4.78, 5) is 16.5. The van der Waals surface area contributed by atoms with Gasteiger partial charge in [0.05, 0.1) is 6.54 Å². The zero-order chi connectivity index (χ0) is 13.1. The Morgan fingerprint density at radius 2 is 2.00 bits per heavy atom. The number of halogens is 1. The zero-order valence-electron chi connectivity index (χ0n) is 10.9. The van der Waals surface area contributed by atoms with Crippen molar-refractivity contribution >= 4 is 5.78 Å². The third-order valence-electron chi connectivity index (χ3n) is 3.48. The van der Waals surface area contributed by atoms with Crippen molar-refractivity contribution in [3.05, 3.63) is 35.6 Å². The maximum atomic E-state index is 12.8. The lowest BCUT2D eigenvalue weighted by Gasteiger charge is -2.37. The third kappa shape index (κ3) is 3.15. The Morgan fingerprint density at radius 3 is 2.61 bits per heavy atom. The fourth-order valence-electron chi connectivity index (χ4n) is 2.32. The molecule has 18 heavy (non-hydrogen) atoms. The smallest absolute Gasteiger partial charge is 0.176 e. The number of ketones is 1. The summed E-state index contributed by atoms with van der Waals surface area (Å²) in [6.45, 7) is 5.43. The van der Waals surface area contributed by atoms with Gasteiger partial charge >= 0.3 is 0 Å². The number of benzene rings is 1. The summed E-state index contributed by atoms with van der Waals surface area (Å²) < 4.78 is 12.8. The van der Waals surface area contributed by atoms with Crippen molar-refractivity contribution in [2.45, 2.75) is 13.0 Å². The highest BCUT2D eigenvalue weighted by molar-refractivity contribution is 5.97. The zero-order valence-corrected chi connectivity index (χ0v) is 10.9. The van der Waals surface area contributed by atoms with E-state index in [-0.39, 0.29) is 11.6 Å². The van der Waals surface area contributed by atoms with Gasteiger partial charge in [-0.25, -0.2) is 4.39 Å². The van der Waals surface area contributed by atoms with Crippen LogP contribution < -0.4 is 0 Å². The molecule has 1 unspecified atom stereocenters. The number of hydrogen-bond acceptors (Lipinski definition) is 3. The van der Waals surface area contributed by atoms with Crippen molar-refractivity contribution in [2.24, 2.45) is 0 Å². The molecule has 1 aliphatic heterocycles. The first-order valence-corrected chi connectivity index (χ1v) is 6.27. The van der Waals surface area contributed by atoms with E-state index in [0.717, 1.165) is 19.6 Å². The molecule has 0 N–H and O–H groups in total. The number of carbonyl (C=O) groups excluding carboxylic acids is 1. The first kappa shape index (κ1) is 13.2. The molecule has 4 heteroatoms. The van der Waals surface area contributed by atoms with Crippen LogP contribution in [0, 0.1) is 5.82 Å². The molecule has 0 saturated carbocycles. The molecule has 1 fully saturated rings. The number of likely N-dealkylation sites (N-methyl/N-ethyl adjacent to an activating group) is 1. The normalized spacial score (nSPS) is 22.1. The van der Waals surface area contributed by atoms with E-state index >= 15 is 0 Å². The molecule has 3 nitrogen and oxygen atoms in total. The summed E-state index contributed by atoms with van der Waals surface area (Å²) in [7, 11) is 2.09. The Morgan fingerprint density at radius 1 is 1.33 bits per heavy atom. The van der Waals surface area contributed by atoms with E-state index in [1.54, 1.807) is 12.1 Å². The molecule has 1 aliphatic rings. The number of Topliss-reactive ketones (excluding diaryl/α,β-unsaturated/α-hetero) is 1. The first-order chi connectivity index (χ1) is 8.56. The lowest BCUT2D eigenvalue weighted by atomic mass is 10.1. The van der Waals surface area contributed by atoms with Crippen molar-refractivity contribution in [3.8, 4) is 0 Å². The molecule has 0 spiro atoms. The van der Waals surface area contributed by atoms with Crippen LogP contribution in [0.25, 0.3) is 0 Å². The van der Waals surface area contributed by atoms with Crippen LogP contribution in [-0.4, -0.2) is 54.9 Å². The molecule has 98 valence electrons. The third-order valence-corrected chi connectivity index (χ3v) is 3.48. The lowest BCUT2D eigenvalue weighted by Crippen LogP contribution is -2.51. The van der Waals surface area contributed by atoms with Gasteiger partial charge in [-0.3, -0.25) is 9.69 Å². The Hall–Kier alpha value is -1.26. The number of carbonyl (C=O) groups is 1. The first-order valence-electron chi connectivity index (χ1n) is 6.27. The van der Waals surface area contributed by atoms with Gasteiger partial charge in [0.25, 0.3) is 0 Å². The fraction of sp³-hybridized carbons (Fsp3) is 0.500. The second kappa shape index (κ2) is 5.59. The van der Waals surface area contributed by atoms with E-state index in [1.807, 2.05) is 0 Å². The highest BCUT2D eigenvalue weighted by Gasteiger charge is 2.23. The molecule has 1 aromatic rings. The molecule has 0 amide bonds. The summed E-state index contributed by atoms with van der Waals surface area (Å²) in [6.07, 6.45) is 0. The maximum absolute atomic E-state index is 12.8. The van der Waals surface area contributed by atoms with Gasteiger partial charge in [0.1, 0.15) is 5.82 Å². The number of piperazine rings is 1. The maximum Gasteiger partial charge on any atom is 0.176 e. The Kier molecular flexibility index (Phi) is 4.09. The predicted molar refractivity (Wildman–Crippen MR) is 69.3 cm³/mol. The van der Waals surface area contributed by atoms with E-state index in [9.17, 15) is 9.18 Å². The molecule has 0 radical (unpaired) electrons. The van der Waals surface area contributed by atoms with E-state index in [0.29, 0.717) is 18.2 Å². The van der Waals surface area contributed by atoms with Crippen LogP contribution in [-0.2, 0) is 0 Å². The second-order valence-electron chi connectivity index (χ2n) is 5.01. The van der Waals surface area contributed by atoms with Crippen LogP contribution in [0.15, 0.2) is 24.3 Å². The van der Waals surface area contributed by atoms with Crippen molar-refractivity contribution in [1.29, 1.82) is 0 Å². The van der Waals surface area contributed by atoms with E-state index in [4.69, 9.17) is 0 Å². The molecular weight excluding hydrogens is 231 g/mol.